The molecule has 11 heteroatoms. The van der Waals surface area contributed by atoms with Crippen molar-refractivity contribution in [3.63, 3.8) is 0 Å². The highest BCUT2D eigenvalue weighted by Crippen LogP contribution is 2.32. The number of carbonyl (C=O) groups is 1. The highest BCUT2D eigenvalue weighted by Gasteiger charge is 2.32. The number of amides is 1. The molecule has 0 saturated carbocycles. The lowest BCUT2D eigenvalue weighted by Crippen LogP contribution is -2.45. The van der Waals surface area contributed by atoms with Crippen molar-refractivity contribution in [1.82, 2.24) is 24.6 Å². The summed E-state index contributed by atoms with van der Waals surface area (Å²) in [5, 5.41) is 4.55. The van der Waals surface area contributed by atoms with Gasteiger partial charge in [-0.25, -0.2) is 18.1 Å². The van der Waals surface area contributed by atoms with E-state index in [1.54, 1.807) is 29.3 Å². The van der Waals surface area contributed by atoms with Crippen LogP contribution in [0, 0.1) is 19.3 Å². The van der Waals surface area contributed by atoms with Gasteiger partial charge in [0.15, 0.2) is 0 Å². The van der Waals surface area contributed by atoms with Crippen LogP contribution in [0.3, 0.4) is 0 Å². The molecule has 1 aliphatic heterocycles. The quantitative estimate of drug-likeness (QED) is 0.279. The zero-order chi connectivity index (χ0) is 32.7. The maximum Gasteiger partial charge on any atom is 0.264 e. The van der Waals surface area contributed by atoms with Crippen LogP contribution in [0.15, 0.2) is 65.8 Å². The Kier molecular flexibility index (Phi) is 8.52. The molecule has 3 heterocycles. The normalized spacial score (nSPS) is 17.0. The van der Waals surface area contributed by atoms with Crippen molar-refractivity contribution in [3.05, 3.63) is 83.2 Å². The van der Waals surface area contributed by atoms with Gasteiger partial charge in [-0.3, -0.25) is 9.48 Å². The molecule has 1 atom stereocenters. The lowest BCUT2D eigenvalue weighted by Gasteiger charge is -2.35. The summed E-state index contributed by atoms with van der Waals surface area (Å²) < 4.78 is 38.0. The summed E-state index contributed by atoms with van der Waals surface area (Å²) in [5.74, 6) is -0.209. The summed E-state index contributed by atoms with van der Waals surface area (Å²) in [4.78, 5) is 25.1. The van der Waals surface area contributed by atoms with E-state index in [1.807, 2.05) is 42.9 Å². The van der Waals surface area contributed by atoms with Gasteiger partial charge in [0.1, 0.15) is 6.61 Å². The zero-order valence-electron chi connectivity index (χ0n) is 27.2. The second-order valence-electron chi connectivity index (χ2n) is 13.9. The molecule has 1 N–H and O–H groups in total. The largest absolute Gasteiger partial charge is 0.475 e. The number of rotatable bonds is 4. The molecule has 2 aromatic heterocycles. The highest BCUT2D eigenvalue weighted by molar-refractivity contribution is 7.92. The molecule has 4 aromatic rings. The van der Waals surface area contributed by atoms with E-state index in [9.17, 15) is 13.2 Å². The number of aryl methyl sites for hydroxylation is 2. The second-order valence-corrected chi connectivity index (χ2v) is 15.6. The molecule has 238 valence electrons. The van der Waals surface area contributed by atoms with Crippen molar-refractivity contribution in [2.45, 2.75) is 84.8 Å². The Morgan fingerprint density at radius 3 is 2.31 bits per heavy atom. The number of nitrogens with zero attached hydrogens (tertiary/aromatic N) is 5. The maximum absolute atomic E-state index is 14.3. The van der Waals surface area contributed by atoms with Gasteiger partial charge in [0, 0.05) is 35.5 Å². The Balaban J connectivity index is 1.67. The van der Waals surface area contributed by atoms with Gasteiger partial charge in [-0.15, -0.1) is 0 Å². The van der Waals surface area contributed by atoms with E-state index in [1.165, 1.54) is 12.1 Å². The minimum absolute atomic E-state index is 0.0657. The van der Waals surface area contributed by atoms with Crippen LogP contribution in [0.25, 0.3) is 11.3 Å². The minimum Gasteiger partial charge on any atom is -0.475 e. The highest BCUT2D eigenvalue weighted by atomic mass is 32.2. The summed E-state index contributed by atoms with van der Waals surface area (Å²) in [7, 11) is -4.15. The lowest BCUT2D eigenvalue weighted by atomic mass is 9.87. The molecule has 0 fully saturated rings. The van der Waals surface area contributed by atoms with E-state index in [-0.39, 0.29) is 58.3 Å². The molecule has 5 rings (SSSR count). The molecule has 0 aliphatic carbocycles. The monoisotopic (exact) mass is 630 g/mol. The van der Waals surface area contributed by atoms with Gasteiger partial charge in [0.2, 0.25) is 11.8 Å². The zero-order valence-corrected chi connectivity index (χ0v) is 28.1. The van der Waals surface area contributed by atoms with Crippen LogP contribution in [-0.2, 0) is 22.1 Å². The van der Waals surface area contributed by atoms with Crippen molar-refractivity contribution >= 4 is 21.9 Å². The van der Waals surface area contributed by atoms with Gasteiger partial charge < -0.3 is 9.64 Å². The van der Waals surface area contributed by atoms with E-state index >= 15 is 0 Å². The number of ether oxygens (including phenoxy) is 1. The third kappa shape index (κ3) is 7.36. The molecular formula is C34H42N6O4S. The van der Waals surface area contributed by atoms with Crippen molar-refractivity contribution in [2.24, 2.45) is 5.41 Å². The first-order valence-electron chi connectivity index (χ1n) is 15.1. The van der Waals surface area contributed by atoms with Crippen LogP contribution in [0.1, 0.15) is 75.0 Å². The Bertz CT molecular complexity index is 1820. The van der Waals surface area contributed by atoms with Crippen LogP contribution in [-0.4, -0.2) is 51.6 Å². The molecule has 10 nitrogen and oxygen atoms in total. The third-order valence-corrected chi connectivity index (χ3v) is 9.03. The predicted octanol–water partition coefficient (Wildman–Crippen LogP) is 6.35. The molecule has 0 radical (unpaired) electrons. The summed E-state index contributed by atoms with van der Waals surface area (Å²) in [6.45, 7) is 16.9. The number of hydrogen-bond donors (Lipinski definition) is 1. The molecule has 0 unspecified atom stereocenters. The average molecular weight is 631 g/mol. The number of anilines is 1. The number of carbonyl (C=O) groups excluding carboxylic acids is 1. The lowest BCUT2D eigenvalue weighted by molar-refractivity contribution is 0.0513. The summed E-state index contributed by atoms with van der Waals surface area (Å²) in [6, 6.07) is 13.3. The number of sulfonamides is 1. The van der Waals surface area contributed by atoms with Crippen LogP contribution >= 0.6 is 0 Å². The fourth-order valence-corrected chi connectivity index (χ4v) is 6.54. The molecule has 0 spiro atoms. The summed E-state index contributed by atoms with van der Waals surface area (Å²) in [5.41, 5.74) is 4.08. The first kappa shape index (κ1) is 32.2. The third-order valence-electron chi connectivity index (χ3n) is 7.71. The van der Waals surface area contributed by atoms with Crippen LogP contribution < -0.4 is 9.46 Å². The van der Waals surface area contributed by atoms with E-state index in [2.05, 4.69) is 61.3 Å². The van der Waals surface area contributed by atoms with Crippen molar-refractivity contribution in [1.29, 1.82) is 0 Å². The van der Waals surface area contributed by atoms with E-state index in [4.69, 9.17) is 4.74 Å². The molecule has 0 saturated heterocycles. The number of fused-ring (bicyclic) bond motifs is 4. The Morgan fingerprint density at radius 2 is 1.67 bits per heavy atom. The van der Waals surface area contributed by atoms with Crippen LogP contribution in [0.5, 0.6) is 5.88 Å². The standard InChI is InChI=1S/C34H42N6O4S/c1-22-11-9-12-23(2)30(22)28-16-29-37-32(36-28)38-45(42,43)27-14-10-13-25(15-27)31(41)39(26(21-44-29)17-33(3,4)5)19-24-18-35-40(20-24)34(6,7)8/h9-16,18,20,26H,17,19,21H2,1-8H3,(H,36,37,38)/t26-/m1/s1. The van der Waals surface area contributed by atoms with Crippen molar-refractivity contribution in [2.75, 3.05) is 11.3 Å². The molecule has 1 amide bonds. The first-order chi connectivity index (χ1) is 21.0. The van der Waals surface area contributed by atoms with Crippen molar-refractivity contribution in [3.8, 4) is 17.1 Å². The van der Waals surface area contributed by atoms with E-state index in [0.717, 1.165) is 22.3 Å². The number of nitrogens with one attached hydrogen (secondary N) is 1. The first-order valence-corrected chi connectivity index (χ1v) is 16.5. The summed E-state index contributed by atoms with van der Waals surface area (Å²) in [6.07, 6.45) is 4.33. The molecular weight excluding hydrogens is 588 g/mol. The smallest absolute Gasteiger partial charge is 0.264 e. The summed E-state index contributed by atoms with van der Waals surface area (Å²) >= 11 is 0. The minimum atomic E-state index is -4.15. The van der Waals surface area contributed by atoms with Gasteiger partial charge in [-0.05, 0) is 75.8 Å². The molecule has 1 aliphatic rings. The van der Waals surface area contributed by atoms with Gasteiger partial charge in [0.05, 0.1) is 28.4 Å². The number of benzene rings is 2. The van der Waals surface area contributed by atoms with E-state index in [0.29, 0.717) is 12.1 Å². The van der Waals surface area contributed by atoms with Crippen LogP contribution in [0.2, 0.25) is 0 Å². The van der Waals surface area contributed by atoms with Gasteiger partial charge in [-0.1, -0.05) is 45.0 Å². The maximum atomic E-state index is 14.3. The molecule has 4 bridgehead atoms. The SMILES string of the molecule is Cc1cccc(C)c1-c1cc2nc(n1)NS(=O)(=O)c1cccc(c1)C(=O)N(Cc1cnn(C(C)(C)C)c1)[C@H](CC(C)(C)C)CO2. The average Bonchev–Trinajstić information content (AvgIpc) is 3.42. The number of hydrogen-bond acceptors (Lipinski definition) is 7. The van der Waals surface area contributed by atoms with Crippen LogP contribution in [0.4, 0.5) is 5.95 Å². The topological polar surface area (TPSA) is 119 Å². The fourth-order valence-electron chi connectivity index (χ4n) is 5.55. The Hall–Kier alpha value is -4.25. The van der Waals surface area contributed by atoms with E-state index < -0.39 is 10.0 Å². The second kappa shape index (κ2) is 11.9. The Labute approximate surface area is 265 Å². The molecule has 45 heavy (non-hydrogen) atoms. The van der Waals surface area contributed by atoms with Gasteiger partial charge in [0.25, 0.3) is 15.9 Å². The van der Waals surface area contributed by atoms with Gasteiger partial charge >= 0.3 is 0 Å². The number of aromatic nitrogens is 4. The Morgan fingerprint density at radius 1 is 0.978 bits per heavy atom. The van der Waals surface area contributed by atoms with Gasteiger partial charge in [-0.2, -0.15) is 10.1 Å². The fraction of sp³-hybridized carbons (Fsp3) is 0.412. The van der Waals surface area contributed by atoms with Crippen molar-refractivity contribution < 1.29 is 17.9 Å². The molecule has 2 aromatic carbocycles. The predicted molar refractivity (Wildman–Crippen MR) is 175 cm³/mol.